The van der Waals surface area contributed by atoms with Crippen LogP contribution in [0.4, 0.5) is 5.82 Å². The van der Waals surface area contributed by atoms with Crippen LogP contribution in [0.25, 0.3) is 5.69 Å². The number of hydrogen-bond acceptors (Lipinski definition) is 6. The van der Waals surface area contributed by atoms with Crippen molar-refractivity contribution < 1.29 is 0 Å². The van der Waals surface area contributed by atoms with Crippen LogP contribution in [0.2, 0.25) is 0 Å². The van der Waals surface area contributed by atoms with Crippen molar-refractivity contribution in [2.45, 2.75) is 32.4 Å². The number of para-hydroxylation sites is 1. The van der Waals surface area contributed by atoms with Crippen molar-refractivity contribution in [3.8, 4) is 5.69 Å². The maximum Gasteiger partial charge on any atom is 0.151 e. The number of nitrogens with zero attached hydrogens (tertiary/aromatic N) is 6. The molecule has 2 aromatic heterocycles. The lowest BCUT2D eigenvalue weighted by Gasteiger charge is -2.33. The molecular formula is C19H23N7. The SMILES string of the molecule is Cc1ccc(N2CCC[C@@H](NCc3cnn(-c4ccccc4)n3)C2)nn1. The lowest BCUT2D eigenvalue weighted by atomic mass is 10.1. The van der Waals surface area contributed by atoms with Gasteiger partial charge in [0.05, 0.1) is 23.3 Å². The number of aryl methyl sites for hydroxylation is 1. The maximum atomic E-state index is 4.56. The van der Waals surface area contributed by atoms with Crippen LogP contribution in [0.15, 0.2) is 48.7 Å². The van der Waals surface area contributed by atoms with E-state index in [4.69, 9.17) is 0 Å². The molecule has 7 nitrogen and oxygen atoms in total. The minimum atomic E-state index is 0.411. The van der Waals surface area contributed by atoms with Gasteiger partial charge in [0.1, 0.15) is 0 Å². The molecule has 1 saturated heterocycles. The van der Waals surface area contributed by atoms with Gasteiger partial charge in [0, 0.05) is 25.7 Å². The Hall–Kier alpha value is -2.80. The summed E-state index contributed by atoms with van der Waals surface area (Å²) in [5, 5.41) is 21.0. The van der Waals surface area contributed by atoms with Gasteiger partial charge in [0.2, 0.25) is 0 Å². The van der Waals surface area contributed by atoms with Crippen LogP contribution >= 0.6 is 0 Å². The molecule has 4 rings (SSSR count). The first kappa shape index (κ1) is 16.7. The Morgan fingerprint density at radius 2 is 2.00 bits per heavy atom. The molecule has 1 atom stereocenters. The van der Waals surface area contributed by atoms with E-state index in [1.807, 2.05) is 49.5 Å². The second-order valence-corrected chi connectivity index (χ2v) is 6.66. The minimum absolute atomic E-state index is 0.411. The van der Waals surface area contributed by atoms with Crippen molar-refractivity contribution >= 4 is 5.82 Å². The van der Waals surface area contributed by atoms with Gasteiger partial charge in [-0.1, -0.05) is 18.2 Å². The van der Waals surface area contributed by atoms with Gasteiger partial charge in [0.25, 0.3) is 0 Å². The molecule has 1 aliphatic rings. The quantitative estimate of drug-likeness (QED) is 0.761. The van der Waals surface area contributed by atoms with Crippen molar-refractivity contribution in [1.29, 1.82) is 0 Å². The fourth-order valence-electron chi connectivity index (χ4n) is 3.22. The van der Waals surface area contributed by atoms with Gasteiger partial charge in [-0.05, 0) is 44.0 Å². The molecule has 3 heterocycles. The molecule has 1 fully saturated rings. The Bertz CT molecular complexity index is 829. The molecule has 0 bridgehead atoms. The van der Waals surface area contributed by atoms with Gasteiger partial charge in [-0.3, -0.25) is 0 Å². The highest BCUT2D eigenvalue weighted by atomic mass is 15.5. The van der Waals surface area contributed by atoms with Crippen LogP contribution in [0.5, 0.6) is 0 Å². The molecule has 1 aromatic carbocycles. The summed E-state index contributed by atoms with van der Waals surface area (Å²) in [6.45, 7) is 4.63. The number of rotatable bonds is 5. The summed E-state index contributed by atoms with van der Waals surface area (Å²) in [6.07, 6.45) is 4.12. The largest absolute Gasteiger partial charge is 0.354 e. The van der Waals surface area contributed by atoms with Gasteiger partial charge < -0.3 is 10.2 Å². The highest BCUT2D eigenvalue weighted by Gasteiger charge is 2.21. The Kier molecular flexibility index (Phi) is 4.88. The smallest absolute Gasteiger partial charge is 0.151 e. The topological polar surface area (TPSA) is 71.8 Å². The summed E-state index contributed by atoms with van der Waals surface area (Å²) >= 11 is 0. The van der Waals surface area contributed by atoms with E-state index in [1.165, 1.54) is 0 Å². The fourth-order valence-corrected chi connectivity index (χ4v) is 3.22. The Labute approximate surface area is 153 Å². The predicted octanol–water partition coefficient (Wildman–Crippen LogP) is 2.12. The van der Waals surface area contributed by atoms with Crippen LogP contribution in [0.1, 0.15) is 24.2 Å². The van der Waals surface area contributed by atoms with E-state index in [2.05, 4.69) is 36.7 Å². The average Bonchev–Trinajstić information content (AvgIpc) is 3.17. The monoisotopic (exact) mass is 349 g/mol. The lowest BCUT2D eigenvalue weighted by Crippen LogP contribution is -2.45. The molecule has 0 radical (unpaired) electrons. The van der Waals surface area contributed by atoms with Crippen molar-refractivity contribution in [3.05, 3.63) is 60.0 Å². The molecule has 3 aromatic rings. The zero-order valence-electron chi connectivity index (χ0n) is 14.9. The fraction of sp³-hybridized carbons (Fsp3) is 0.368. The van der Waals surface area contributed by atoms with E-state index >= 15 is 0 Å². The summed E-state index contributed by atoms with van der Waals surface area (Å²) in [6, 6.07) is 14.4. The van der Waals surface area contributed by atoms with Crippen molar-refractivity contribution in [2.75, 3.05) is 18.0 Å². The van der Waals surface area contributed by atoms with Gasteiger partial charge >= 0.3 is 0 Å². The number of benzene rings is 1. The van der Waals surface area contributed by atoms with Gasteiger partial charge in [-0.2, -0.15) is 20.1 Å². The molecule has 134 valence electrons. The van der Waals surface area contributed by atoms with Crippen LogP contribution in [0.3, 0.4) is 0 Å². The van der Waals surface area contributed by atoms with Crippen molar-refractivity contribution in [1.82, 2.24) is 30.5 Å². The highest BCUT2D eigenvalue weighted by Crippen LogP contribution is 2.17. The van der Waals surface area contributed by atoms with E-state index < -0.39 is 0 Å². The van der Waals surface area contributed by atoms with E-state index in [0.29, 0.717) is 12.6 Å². The molecule has 0 unspecified atom stereocenters. The maximum absolute atomic E-state index is 4.56. The molecule has 7 heteroatoms. The Balaban J connectivity index is 1.34. The van der Waals surface area contributed by atoms with Crippen LogP contribution in [-0.2, 0) is 6.54 Å². The first-order chi connectivity index (χ1) is 12.8. The summed E-state index contributed by atoms with van der Waals surface area (Å²) in [5.41, 5.74) is 2.86. The number of anilines is 1. The van der Waals surface area contributed by atoms with E-state index in [1.54, 1.807) is 4.80 Å². The normalized spacial score (nSPS) is 17.4. The zero-order chi connectivity index (χ0) is 17.8. The second kappa shape index (κ2) is 7.61. The Morgan fingerprint density at radius 1 is 1.12 bits per heavy atom. The third kappa shape index (κ3) is 3.88. The Morgan fingerprint density at radius 3 is 2.81 bits per heavy atom. The molecular weight excluding hydrogens is 326 g/mol. The molecule has 0 saturated carbocycles. The first-order valence-electron chi connectivity index (χ1n) is 9.03. The van der Waals surface area contributed by atoms with Crippen LogP contribution in [-0.4, -0.2) is 44.3 Å². The average molecular weight is 349 g/mol. The van der Waals surface area contributed by atoms with Crippen molar-refractivity contribution in [3.63, 3.8) is 0 Å². The number of aromatic nitrogens is 5. The third-order valence-corrected chi connectivity index (χ3v) is 4.63. The molecule has 26 heavy (non-hydrogen) atoms. The van der Waals surface area contributed by atoms with Gasteiger partial charge in [-0.25, -0.2) is 0 Å². The predicted molar refractivity (Wildman–Crippen MR) is 100 cm³/mol. The van der Waals surface area contributed by atoms with Crippen molar-refractivity contribution in [2.24, 2.45) is 0 Å². The molecule has 1 N–H and O–H groups in total. The molecule has 0 spiro atoms. The highest BCUT2D eigenvalue weighted by molar-refractivity contribution is 5.38. The molecule has 0 aliphatic carbocycles. The summed E-state index contributed by atoms with van der Waals surface area (Å²) < 4.78 is 0. The minimum Gasteiger partial charge on any atom is -0.354 e. The van der Waals surface area contributed by atoms with Gasteiger partial charge in [0.15, 0.2) is 5.82 Å². The second-order valence-electron chi connectivity index (χ2n) is 6.66. The van der Waals surface area contributed by atoms with Crippen LogP contribution in [0, 0.1) is 6.92 Å². The summed E-state index contributed by atoms with van der Waals surface area (Å²) in [4.78, 5) is 3.97. The summed E-state index contributed by atoms with van der Waals surface area (Å²) in [7, 11) is 0. The number of piperidine rings is 1. The van der Waals surface area contributed by atoms with E-state index in [-0.39, 0.29) is 0 Å². The molecule has 0 amide bonds. The first-order valence-corrected chi connectivity index (χ1v) is 9.03. The van der Waals surface area contributed by atoms with E-state index in [9.17, 15) is 0 Å². The van der Waals surface area contributed by atoms with Gasteiger partial charge in [-0.15, -0.1) is 5.10 Å². The number of nitrogens with one attached hydrogen (secondary N) is 1. The third-order valence-electron chi connectivity index (χ3n) is 4.63. The summed E-state index contributed by atoms with van der Waals surface area (Å²) in [5.74, 6) is 0.956. The molecule has 1 aliphatic heterocycles. The standard InChI is InChI=1S/C19H23N7/c1-15-9-10-19(23-22-15)25-11-5-6-16(14-25)20-12-17-13-21-26(24-17)18-7-3-2-4-8-18/h2-4,7-10,13,16,20H,5-6,11-12,14H2,1H3/t16-/m1/s1. The zero-order valence-corrected chi connectivity index (χ0v) is 14.9. The van der Waals surface area contributed by atoms with E-state index in [0.717, 1.165) is 48.8 Å². The van der Waals surface area contributed by atoms with Crippen LogP contribution < -0.4 is 10.2 Å². The lowest BCUT2D eigenvalue weighted by molar-refractivity contribution is 0.417. The number of hydrogen-bond donors (Lipinski definition) is 1.